The molecule has 1 N–H and O–H groups in total. The Hall–Kier alpha value is -1.40. The lowest BCUT2D eigenvalue weighted by Crippen LogP contribution is -2.41. The Balaban J connectivity index is 1.44. The topological polar surface area (TPSA) is 61.6 Å². The van der Waals surface area contributed by atoms with Crippen molar-refractivity contribution < 1.29 is 9.90 Å². The second kappa shape index (κ2) is 6.58. The summed E-state index contributed by atoms with van der Waals surface area (Å²) in [6, 6.07) is 0.144. The lowest BCUT2D eigenvalue weighted by Gasteiger charge is -2.25. The number of aliphatic hydroxyl groups is 1. The number of likely N-dealkylation sites (tertiary alicyclic amines) is 2. The molecule has 2 saturated heterocycles. The second-order valence-corrected chi connectivity index (χ2v) is 6.08. The smallest absolute Gasteiger partial charge is 0.222 e. The first-order valence-corrected chi connectivity index (χ1v) is 7.89. The minimum absolute atomic E-state index is 0.144. The zero-order chi connectivity index (χ0) is 14.7. The van der Waals surface area contributed by atoms with Gasteiger partial charge in [-0.15, -0.1) is 0 Å². The second-order valence-electron chi connectivity index (χ2n) is 6.08. The first-order valence-electron chi connectivity index (χ1n) is 7.89. The maximum atomic E-state index is 12.3. The van der Waals surface area contributed by atoms with Crippen LogP contribution < -0.4 is 0 Å². The van der Waals surface area contributed by atoms with Crippen LogP contribution in [0.2, 0.25) is 0 Å². The van der Waals surface area contributed by atoms with Crippen LogP contribution in [0.15, 0.2) is 18.7 Å². The molecule has 0 aromatic carbocycles. The highest BCUT2D eigenvalue weighted by atomic mass is 16.3. The normalized spacial score (nSPS) is 26.6. The van der Waals surface area contributed by atoms with Crippen LogP contribution in [0, 0.1) is 0 Å². The average molecular weight is 292 g/mol. The molecule has 0 aliphatic carbocycles. The van der Waals surface area contributed by atoms with Gasteiger partial charge in [-0.2, -0.15) is 0 Å². The monoisotopic (exact) mass is 292 g/mol. The quantitative estimate of drug-likeness (QED) is 0.849. The predicted molar refractivity (Wildman–Crippen MR) is 78.6 cm³/mol. The van der Waals surface area contributed by atoms with Gasteiger partial charge in [-0.1, -0.05) is 0 Å². The van der Waals surface area contributed by atoms with Crippen LogP contribution >= 0.6 is 0 Å². The number of carbonyl (C=O) groups excluding carboxylic acids is 1. The number of aliphatic hydroxyl groups excluding tert-OH is 1. The summed E-state index contributed by atoms with van der Waals surface area (Å²) in [4.78, 5) is 20.4. The summed E-state index contributed by atoms with van der Waals surface area (Å²) < 4.78 is 1.99. The number of hydrogen-bond acceptors (Lipinski definition) is 4. The fourth-order valence-electron chi connectivity index (χ4n) is 3.40. The van der Waals surface area contributed by atoms with Crippen LogP contribution in [0.25, 0.3) is 0 Å². The number of imidazole rings is 1. The number of amides is 1. The van der Waals surface area contributed by atoms with Crippen LogP contribution in [-0.4, -0.2) is 68.7 Å². The summed E-state index contributed by atoms with van der Waals surface area (Å²) in [6.07, 6.45) is 8.82. The molecule has 116 valence electrons. The van der Waals surface area contributed by atoms with Gasteiger partial charge in [-0.25, -0.2) is 4.98 Å². The van der Waals surface area contributed by atoms with Gasteiger partial charge >= 0.3 is 0 Å². The summed E-state index contributed by atoms with van der Waals surface area (Å²) >= 11 is 0. The van der Waals surface area contributed by atoms with Gasteiger partial charge in [0.1, 0.15) is 0 Å². The minimum atomic E-state index is -0.388. The molecule has 0 saturated carbocycles. The van der Waals surface area contributed by atoms with E-state index in [2.05, 4.69) is 9.88 Å². The van der Waals surface area contributed by atoms with Gasteiger partial charge in [0.2, 0.25) is 5.91 Å². The number of hydrogen-bond donors (Lipinski definition) is 1. The Morgan fingerprint density at radius 1 is 1.29 bits per heavy atom. The van der Waals surface area contributed by atoms with E-state index < -0.39 is 0 Å². The van der Waals surface area contributed by atoms with Crippen molar-refractivity contribution in [1.29, 1.82) is 0 Å². The van der Waals surface area contributed by atoms with E-state index in [4.69, 9.17) is 0 Å². The summed E-state index contributed by atoms with van der Waals surface area (Å²) in [5.41, 5.74) is 0. The van der Waals surface area contributed by atoms with Crippen molar-refractivity contribution in [2.45, 2.75) is 44.4 Å². The molecule has 6 heteroatoms. The first-order chi connectivity index (χ1) is 10.2. The lowest BCUT2D eigenvalue weighted by molar-refractivity contribution is -0.130. The van der Waals surface area contributed by atoms with Crippen LogP contribution in [0.5, 0.6) is 0 Å². The lowest BCUT2D eigenvalue weighted by atomic mass is 10.2. The Morgan fingerprint density at radius 3 is 2.81 bits per heavy atom. The van der Waals surface area contributed by atoms with E-state index >= 15 is 0 Å². The molecule has 0 bridgehead atoms. The number of nitrogens with zero attached hydrogens (tertiary/aromatic N) is 4. The third kappa shape index (κ3) is 3.44. The van der Waals surface area contributed by atoms with Crippen LogP contribution in [0.3, 0.4) is 0 Å². The van der Waals surface area contributed by atoms with Crippen molar-refractivity contribution in [2.24, 2.45) is 0 Å². The summed E-state index contributed by atoms with van der Waals surface area (Å²) in [5, 5.41) is 10.2. The van der Waals surface area contributed by atoms with Crippen molar-refractivity contribution in [3.63, 3.8) is 0 Å². The fraction of sp³-hybridized carbons (Fsp3) is 0.733. The molecule has 6 nitrogen and oxygen atoms in total. The van der Waals surface area contributed by atoms with Crippen molar-refractivity contribution >= 4 is 5.91 Å². The zero-order valence-corrected chi connectivity index (χ0v) is 12.4. The van der Waals surface area contributed by atoms with Crippen LogP contribution in [-0.2, 0) is 11.3 Å². The highest BCUT2D eigenvalue weighted by Gasteiger charge is 2.37. The van der Waals surface area contributed by atoms with Gasteiger partial charge in [0.05, 0.1) is 18.5 Å². The van der Waals surface area contributed by atoms with Gasteiger partial charge in [-0.05, 0) is 32.4 Å². The van der Waals surface area contributed by atoms with Gasteiger partial charge in [0.25, 0.3) is 0 Å². The molecule has 0 radical (unpaired) electrons. The third-order valence-corrected chi connectivity index (χ3v) is 4.59. The molecule has 3 rings (SSSR count). The minimum Gasteiger partial charge on any atom is -0.390 e. The Kier molecular flexibility index (Phi) is 4.55. The molecule has 2 atom stereocenters. The largest absolute Gasteiger partial charge is 0.390 e. The Morgan fingerprint density at radius 2 is 2.10 bits per heavy atom. The molecule has 2 aliphatic heterocycles. The average Bonchev–Trinajstić information content (AvgIpc) is 3.19. The van der Waals surface area contributed by atoms with Crippen LogP contribution in [0.1, 0.15) is 25.7 Å². The van der Waals surface area contributed by atoms with Gasteiger partial charge < -0.3 is 14.6 Å². The van der Waals surface area contributed by atoms with Crippen molar-refractivity contribution in [3.8, 4) is 0 Å². The molecule has 2 aliphatic rings. The van der Waals surface area contributed by atoms with Gasteiger partial charge in [-0.3, -0.25) is 9.69 Å². The molecule has 1 aromatic rings. The predicted octanol–water partition coefficient (Wildman–Crippen LogP) is 0.331. The zero-order valence-electron chi connectivity index (χ0n) is 12.4. The van der Waals surface area contributed by atoms with E-state index in [0.29, 0.717) is 19.5 Å². The van der Waals surface area contributed by atoms with Crippen molar-refractivity contribution in [3.05, 3.63) is 18.7 Å². The molecule has 0 spiro atoms. The summed E-state index contributed by atoms with van der Waals surface area (Å²) in [7, 11) is 0. The molecular weight excluding hydrogens is 268 g/mol. The Bertz CT molecular complexity index is 456. The fourth-order valence-corrected chi connectivity index (χ4v) is 3.40. The highest BCUT2D eigenvalue weighted by molar-refractivity contribution is 5.76. The molecule has 1 aromatic heterocycles. The van der Waals surface area contributed by atoms with E-state index in [-0.39, 0.29) is 18.1 Å². The van der Waals surface area contributed by atoms with E-state index in [9.17, 15) is 9.90 Å². The van der Waals surface area contributed by atoms with Crippen molar-refractivity contribution in [1.82, 2.24) is 19.4 Å². The van der Waals surface area contributed by atoms with Gasteiger partial charge in [0, 0.05) is 38.4 Å². The molecule has 1 amide bonds. The Labute approximate surface area is 125 Å². The van der Waals surface area contributed by atoms with Gasteiger partial charge in [0.15, 0.2) is 0 Å². The molecule has 2 fully saturated rings. The number of carbonyl (C=O) groups is 1. The molecule has 3 heterocycles. The number of aryl methyl sites for hydroxylation is 1. The number of β-amino-alcohol motifs (C(OH)–C–C–N with tert-alkyl or cyclic N) is 1. The van der Waals surface area contributed by atoms with E-state index in [1.807, 2.05) is 15.7 Å². The van der Waals surface area contributed by atoms with Crippen molar-refractivity contribution in [2.75, 3.05) is 26.2 Å². The first kappa shape index (κ1) is 14.5. The van der Waals surface area contributed by atoms with Crippen LogP contribution in [0.4, 0.5) is 0 Å². The molecule has 0 unspecified atom stereocenters. The van der Waals surface area contributed by atoms with E-state index in [1.54, 1.807) is 12.5 Å². The third-order valence-electron chi connectivity index (χ3n) is 4.59. The highest BCUT2D eigenvalue weighted by Crippen LogP contribution is 2.21. The maximum absolute atomic E-state index is 12.3. The standard InChI is InChI=1S/C15H24N4O2/c20-14-11-19(10-13(14)18-7-1-2-8-18)15(21)4-3-6-17-9-5-16-12-17/h5,9,12-14,20H,1-4,6-8,10-11H2/t13-,14-/m1/s1. The van der Waals surface area contributed by atoms with E-state index in [0.717, 1.165) is 26.1 Å². The summed E-state index contributed by atoms with van der Waals surface area (Å²) in [6.45, 7) is 4.11. The molecular formula is C15H24N4O2. The maximum Gasteiger partial charge on any atom is 0.222 e. The molecule has 21 heavy (non-hydrogen) atoms. The number of rotatable bonds is 5. The SMILES string of the molecule is O=C(CCCn1ccnc1)N1C[C@@H](O)[C@H](N2CCCC2)C1. The summed E-state index contributed by atoms with van der Waals surface area (Å²) in [5.74, 6) is 0.163. The van der Waals surface area contributed by atoms with E-state index in [1.165, 1.54) is 12.8 Å². The number of aromatic nitrogens is 2.